The molecule has 0 bridgehead atoms. The first-order valence-electron chi connectivity index (χ1n) is 9.19. The van der Waals surface area contributed by atoms with Crippen molar-refractivity contribution in [2.75, 3.05) is 6.61 Å². The Morgan fingerprint density at radius 2 is 1.40 bits per heavy atom. The molecule has 0 unspecified atom stereocenters. The first-order chi connectivity index (χ1) is 12.3. The van der Waals surface area contributed by atoms with E-state index in [4.69, 9.17) is 9.47 Å². The second-order valence-electron chi connectivity index (χ2n) is 6.25. The number of hydrogen-bond acceptors (Lipinski definition) is 3. The van der Waals surface area contributed by atoms with Gasteiger partial charge in [-0.1, -0.05) is 74.4 Å². The number of carbonyl (C=O) groups excluding carboxylic acids is 1. The molecule has 0 aromatic heterocycles. The first kappa shape index (κ1) is 19.0. The zero-order valence-corrected chi connectivity index (χ0v) is 15.1. The van der Waals surface area contributed by atoms with Crippen molar-refractivity contribution in [3.8, 4) is 0 Å². The Morgan fingerprint density at radius 1 is 0.760 bits per heavy atom. The Morgan fingerprint density at radius 3 is 2.04 bits per heavy atom. The van der Waals surface area contributed by atoms with Gasteiger partial charge in [0.2, 0.25) is 0 Å². The molecule has 0 aliphatic rings. The highest BCUT2D eigenvalue weighted by Crippen LogP contribution is 2.10. The number of benzene rings is 2. The van der Waals surface area contributed by atoms with Crippen molar-refractivity contribution >= 4 is 6.16 Å². The van der Waals surface area contributed by atoms with Gasteiger partial charge in [0.1, 0.15) is 6.61 Å². The monoisotopic (exact) mass is 340 g/mol. The minimum absolute atomic E-state index is 0.249. The number of rotatable bonds is 10. The maximum Gasteiger partial charge on any atom is 0.508 e. The summed E-state index contributed by atoms with van der Waals surface area (Å²) in [5, 5.41) is 0. The average molecular weight is 340 g/mol. The quantitative estimate of drug-likeness (QED) is 0.411. The number of aryl methyl sites for hydroxylation is 2. The summed E-state index contributed by atoms with van der Waals surface area (Å²) in [6, 6.07) is 18.4. The third kappa shape index (κ3) is 7.88. The van der Waals surface area contributed by atoms with E-state index in [1.54, 1.807) is 0 Å². The van der Waals surface area contributed by atoms with E-state index < -0.39 is 6.16 Å². The van der Waals surface area contributed by atoms with Crippen LogP contribution in [0.25, 0.3) is 0 Å². The van der Waals surface area contributed by atoms with Crippen LogP contribution in [0.15, 0.2) is 54.6 Å². The lowest BCUT2D eigenvalue weighted by Crippen LogP contribution is -2.09. The molecule has 0 atom stereocenters. The molecule has 3 nitrogen and oxygen atoms in total. The fourth-order valence-corrected chi connectivity index (χ4v) is 2.64. The van der Waals surface area contributed by atoms with Crippen LogP contribution in [0.4, 0.5) is 4.79 Å². The molecule has 0 fully saturated rings. The summed E-state index contributed by atoms with van der Waals surface area (Å²) in [6.45, 7) is 2.85. The fraction of sp³-hybridized carbons (Fsp3) is 0.409. The van der Waals surface area contributed by atoms with E-state index in [2.05, 4.69) is 31.2 Å². The van der Waals surface area contributed by atoms with Gasteiger partial charge < -0.3 is 9.47 Å². The molecule has 0 aliphatic carbocycles. The molecule has 0 heterocycles. The van der Waals surface area contributed by atoms with Gasteiger partial charge >= 0.3 is 6.16 Å². The van der Waals surface area contributed by atoms with Crippen LogP contribution in [0, 0.1) is 0 Å². The van der Waals surface area contributed by atoms with Crippen molar-refractivity contribution in [2.45, 2.75) is 52.1 Å². The largest absolute Gasteiger partial charge is 0.508 e. The fourth-order valence-electron chi connectivity index (χ4n) is 2.64. The van der Waals surface area contributed by atoms with Crippen molar-refractivity contribution in [3.63, 3.8) is 0 Å². The van der Waals surface area contributed by atoms with Crippen molar-refractivity contribution in [1.29, 1.82) is 0 Å². The lowest BCUT2D eigenvalue weighted by molar-refractivity contribution is 0.0492. The van der Waals surface area contributed by atoms with Crippen LogP contribution in [-0.4, -0.2) is 12.8 Å². The molecule has 25 heavy (non-hydrogen) atoms. The summed E-state index contributed by atoms with van der Waals surface area (Å²) in [4.78, 5) is 11.6. The highest BCUT2D eigenvalue weighted by Gasteiger charge is 2.04. The molecule has 0 saturated heterocycles. The van der Waals surface area contributed by atoms with Crippen molar-refractivity contribution in [3.05, 3.63) is 71.3 Å². The minimum Gasteiger partial charge on any atom is -0.434 e. The summed E-state index contributed by atoms with van der Waals surface area (Å²) >= 11 is 0. The molecule has 0 spiro atoms. The molecule has 2 rings (SSSR count). The van der Waals surface area contributed by atoms with Crippen molar-refractivity contribution in [2.24, 2.45) is 0 Å². The summed E-state index contributed by atoms with van der Waals surface area (Å²) in [7, 11) is 0. The van der Waals surface area contributed by atoms with Gasteiger partial charge in [0, 0.05) is 0 Å². The summed E-state index contributed by atoms with van der Waals surface area (Å²) in [6.07, 6.45) is 6.07. The predicted molar refractivity (Wildman–Crippen MR) is 101 cm³/mol. The average Bonchev–Trinajstić information content (AvgIpc) is 2.66. The summed E-state index contributed by atoms with van der Waals surface area (Å²) in [5.74, 6) is 0. The molecule has 134 valence electrons. The van der Waals surface area contributed by atoms with E-state index in [1.807, 2.05) is 30.3 Å². The van der Waals surface area contributed by atoms with E-state index in [0.717, 1.165) is 24.8 Å². The molecule has 3 heteroatoms. The van der Waals surface area contributed by atoms with Crippen LogP contribution in [0.3, 0.4) is 0 Å². The van der Waals surface area contributed by atoms with Crippen molar-refractivity contribution in [1.82, 2.24) is 0 Å². The lowest BCUT2D eigenvalue weighted by atomic mass is 10.0. The van der Waals surface area contributed by atoms with Crippen LogP contribution in [0.2, 0.25) is 0 Å². The molecular weight excluding hydrogens is 312 g/mol. The van der Waals surface area contributed by atoms with Gasteiger partial charge in [-0.25, -0.2) is 4.79 Å². The number of unbranched alkanes of at least 4 members (excludes halogenated alkanes) is 2. The molecule has 2 aromatic carbocycles. The Labute approximate surface area is 151 Å². The molecule has 0 saturated carbocycles. The third-order valence-electron chi connectivity index (χ3n) is 4.12. The minimum atomic E-state index is -0.602. The summed E-state index contributed by atoms with van der Waals surface area (Å²) < 4.78 is 10.2. The van der Waals surface area contributed by atoms with Crippen LogP contribution in [-0.2, 0) is 28.9 Å². The normalized spacial score (nSPS) is 10.4. The van der Waals surface area contributed by atoms with E-state index in [9.17, 15) is 4.79 Å². The molecule has 2 aromatic rings. The van der Waals surface area contributed by atoms with E-state index in [0.29, 0.717) is 6.61 Å². The van der Waals surface area contributed by atoms with Crippen LogP contribution in [0.5, 0.6) is 0 Å². The molecular formula is C22H28O3. The smallest absolute Gasteiger partial charge is 0.434 e. The first-order valence-corrected chi connectivity index (χ1v) is 9.19. The Hall–Kier alpha value is -2.29. The van der Waals surface area contributed by atoms with Gasteiger partial charge in [-0.15, -0.1) is 0 Å². The number of carbonyl (C=O) groups is 1. The third-order valence-corrected chi connectivity index (χ3v) is 4.12. The van der Waals surface area contributed by atoms with E-state index in [1.165, 1.54) is 30.4 Å². The second-order valence-corrected chi connectivity index (χ2v) is 6.25. The molecule has 0 aliphatic heterocycles. The zero-order chi connectivity index (χ0) is 17.7. The van der Waals surface area contributed by atoms with Gasteiger partial charge in [0.05, 0.1) is 6.61 Å². The van der Waals surface area contributed by atoms with Gasteiger partial charge in [0.25, 0.3) is 0 Å². The topological polar surface area (TPSA) is 35.5 Å². The maximum atomic E-state index is 11.6. The van der Waals surface area contributed by atoms with Gasteiger partial charge in [-0.2, -0.15) is 0 Å². The highest BCUT2D eigenvalue weighted by atomic mass is 16.7. The molecule has 0 N–H and O–H groups in total. The summed E-state index contributed by atoms with van der Waals surface area (Å²) in [5.41, 5.74) is 3.64. The molecule has 0 radical (unpaired) electrons. The van der Waals surface area contributed by atoms with Crippen LogP contribution >= 0.6 is 0 Å². The maximum absolute atomic E-state index is 11.6. The van der Waals surface area contributed by atoms with Crippen LogP contribution < -0.4 is 0 Å². The Balaban J connectivity index is 1.58. The highest BCUT2D eigenvalue weighted by molar-refractivity contribution is 5.59. The lowest BCUT2D eigenvalue weighted by Gasteiger charge is -2.07. The number of ether oxygens (including phenoxy) is 2. The van der Waals surface area contributed by atoms with Crippen molar-refractivity contribution < 1.29 is 14.3 Å². The Bertz CT molecular complexity index is 605. The Kier molecular flexibility index (Phi) is 8.60. The number of hydrogen-bond donors (Lipinski definition) is 0. The van der Waals surface area contributed by atoms with Gasteiger partial charge in [0.15, 0.2) is 0 Å². The van der Waals surface area contributed by atoms with Gasteiger partial charge in [-0.05, 0) is 42.4 Å². The van der Waals surface area contributed by atoms with E-state index in [-0.39, 0.29) is 6.61 Å². The predicted octanol–water partition coefficient (Wildman–Crippen LogP) is 5.71. The van der Waals surface area contributed by atoms with E-state index >= 15 is 0 Å². The standard InChI is InChI=1S/C22H28O3/c1-2-3-5-9-19-13-15-20(16-14-19)12-8-17-24-22(23)25-18-21-10-6-4-7-11-21/h4,6-7,10-11,13-16H,2-3,5,8-9,12,17-18H2,1H3. The van der Waals surface area contributed by atoms with Gasteiger partial charge in [-0.3, -0.25) is 0 Å². The second kappa shape index (κ2) is 11.3. The SMILES string of the molecule is CCCCCc1ccc(CCCOC(=O)OCc2ccccc2)cc1. The zero-order valence-electron chi connectivity index (χ0n) is 15.1. The molecule has 0 amide bonds. The van der Waals surface area contributed by atoms with Crippen LogP contribution in [0.1, 0.15) is 49.3 Å².